The van der Waals surface area contributed by atoms with Crippen LogP contribution < -0.4 is 10.1 Å². The number of benzene rings is 2. The third-order valence-corrected chi connectivity index (χ3v) is 3.16. The molecular weight excluding hydrogens is 368 g/mol. The molecule has 3 nitrogen and oxygen atoms in total. The molecule has 7 heteroatoms. The van der Waals surface area contributed by atoms with Gasteiger partial charge in [-0.05, 0) is 36.4 Å². The van der Waals surface area contributed by atoms with Crippen molar-refractivity contribution in [3.05, 3.63) is 57.5 Å². The van der Waals surface area contributed by atoms with Crippen molar-refractivity contribution in [1.29, 1.82) is 0 Å². The molecule has 0 aliphatic heterocycles. The summed E-state index contributed by atoms with van der Waals surface area (Å²) in [6.45, 7) is -0.378. The van der Waals surface area contributed by atoms with Crippen LogP contribution in [0, 0.1) is 11.6 Å². The largest absolute Gasteiger partial charge is 0.484 e. The molecule has 0 aromatic heterocycles. The molecule has 0 unspecified atom stereocenters. The van der Waals surface area contributed by atoms with Crippen LogP contribution >= 0.6 is 27.5 Å². The van der Waals surface area contributed by atoms with E-state index in [9.17, 15) is 13.6 Å². The second-order valence-electron chi connectivity index (χ2n) is 4.04. The number of amides is 1. The van der Waals surface area contributed by atoms with Crippen LogP contribution in [0.5, 0.6) is 5.75 Å². The number of hydrogen-bond donors (Lipinski definition) is 1. The number of anilines is 1. The first-order valence-corrected chi connectivity index (χ1v) is 6.95. The quantitative estimate of drug-likeness (QED) is 0.859. The van der Waals surface area contributed by atoms with E-state index in [1.165, 1.54) is 0 Å². The summed E-state index contributed by atoms with van der Waals surface area (Å²) in [4.78, 5) is 11.6. The highest BCUT2D eigenvalue weighted by molar-refractivity contribution is 9.10. The Balaban J connectivity index is 1.97. The van der Waals surface area contributed by atoms with Gasteiger partial charge in [0.1, 0.15) is 11.4 Å². The van der Waals surface area contributed by atoms with Gasteiger partial charge >= 0.3 is 0 Å². The molecule has 2 aromatic carbocycles. The maximum atomic E-state index is 13.5. The fourth-order valence-electron chi connectivity index (χ4n) is 1.52. The molecule has 2 aromatic rings. The van der Waals surface area contributed by atoms with Crippen molar-refractivity contribution in [2.24, 2.45) is 0 Å². The predicted octanol–water partition coefficient (Wildman–Crippen LogP) is 4.40. The van der Waals surface area contributed by atoms with E-state index in [0.717, 1.165) is 12.1 Å². The molecular formula is C14H9BrClF2NO2. The van der Waals surface area contributed by atoms with Crippen molar-refractivity contribution in [2.45, 2.75) is 0 Å². The molecule has 2 rings (SSSR count). The summed E-state index contributed by atoms with van der Waals surface area (Å²) in [5.41, 5.74) is -0.511. The van der Waals surface area contributed by atoms with Crippen LogP contribution in [-0.2, 0) is 4.79 Å². The number of halogens is 4. The number of carbonyl (C=O) groups excluding carboxylic acids is 1. The first-order chi connectivity index (χ1) is 9.95. The Bertz CT molecular complexity index is 642. The Morgan fingerprint density at radius 2 is 1.76 bits per heavy atom. The lowest BCUT2D eigenvalue weighted by Gasteiger charge is -2.09. The van der Waals surface area contributed by atoms with Gasteiger partial charge in [-0.3, -0.25) is 4.79 Å². The molecule has 1 amide bonds. The molecule has 21 heavy (non-hydrogen) atoms. The monoisotopic (exact) mass is 375 g/mol. The summed E-state index contributed by atoms with van der Waals surface area (Å²) in [7, 11) is 0. The van der Waals surface area contributed by atoms with E-state index in [-0.39, 0.29) is 11.1 Å². The standard InChI is InChI=1S/C14H9BrClF2NO2/c15-8-5-11(17)14(12(18)6-8)19-13(20)7-21-10-3-1-9(16)2-4-10/h1-6H,7H2,(H,19,20). The van der Waals surface area contributed by atoms with Crippen molar-refractivity contribution in [3.63, 3.8) is 0 Å². The zero-order valence-corrected chi connectivity index (χ0v) is 12.8. The van der Waals surface area contributed by atoms with E-state index in [1.54, 1.807) is 24.3 Å². The Hall–Kier alpha value is -1.66. The lowest BCUT2D eigenvalue weighted by molar-refractivity contribution is -0.118. The molecule has 0 radical (unpaired) electrons. The second-order valence-corrected chi connectivity index (χ2v) is 5.39. The van der Waals surface area contributed by atoms with Gasteiger partial charge in [0, 0.05) is 9.50 Å². The van der Waals surface area contributed by atoms with Gasteiger partial charge in [-0.2, -0.15) is 0 Å². The van der Waals surface area contributed by atoms with Crippen LogP contribution in [0.15, 0.2) is 40.9 Å². The van der Waals surface area contributed by atoms with Gasteiger partial charge in [0.15, 0.2) is 18.2 Å². The van der Waals surface area contributed by atoms with Crippen molar-refractivity contribution in [3.8, 4) is 5.75 Å². The van der Waals surface area contributed by atoms with E-state index >= 15 is 0 Å². The Morgan fingerprint density at radius 1 is 1.19 bits per heavy atom. The number of ether oxygens (including phenoxy) is 1. The first kappa shape index (κ1) is 15.7. The van der Waals surface area contributed by atoms with Crippen molar-refractivity contribution >= 4 is 39.1 Å². The van der Waals surface area contributed by atoms with Gasteiger partial charge < -0.3 is 10.1 Å². The highest BCUT2D eigenvalue weighted by Gasteiger charge is 2.14. The highest BCUT2D eigenvalue weighted by Crippen LogP contribution is 2.23. The number of carbonyl (C=O) groups is 1. The van der Waals surface area contributed by atoms with E-state index < -0.39 is 23.2 Å². The minimum absolute atomic E-state index is 0.243. The smallest absolute Gasteiger partial charge is 0.262 e. The lowest BCUT2D eigenvalue weighted by Crippen LogP contribution is -2.21. The molecule has 0 saturated heterocycles. The van der Waals surface area contributed by atoms with E-state index in [0.29, 0.717) is 10.8 Å². The molecule has 0 aliphatic rings. The van der Waals surface area contributed by atoms with E-state index in [1.807, 2.05) is 0 Å². The third kappa shape index (κ3) is 4.41. The summed E-state index contributed by atoms with van der Waals surface area (Å²) in [6, 6.07) is 8.47. The highest BCUT2D eigenvalue weighted by atomic mass is 79.9. The number of hydrogen-bond acceptors (Lipinski definition) is 2. The maximum absolute atomic E-state index is 13.5. The summed E-state index contributed by atoms with van der Waals surface area (Å²) in [5, 5.41) is 2.66. The molecule has 0 spiro atoms. The number of rotatable bonds is 4. The maximum Gasteiger partial charge on any atom is 0.262 e. The minimum Gasteiger partial charge on any atom is -0.484 e. The Morgan fingerprint density at radius 3 is 2.33 bits per heavy atom. The molecule has 110 valence electrons. The molecule has 0 fully saturated rings. The molecule has 0 atom stereocenters. The molecule has 1 N–H and O–H groups in total. The fraction of sp³-hybridized carbons (Fsp3) is 0.0714. The molecule has 0 heterocycles. The number of nitrogens with one attached hydrogen (secondary N) is 1. The average Bonchev–Trinajstić information content (AvgIpc) is 2.42. The summed E-state index contributed by atoms with van der Waals surface area (Å²) in [6.07, 6.45) is 0. The van der Waals surface area contributed by atoms with Crippen LogP contribution in [0.1, 0.15) is 0 Å². The van der Waals surface area contributed by atoms with Gasteiger partial charge in [-0.25, -0.2) is 8.78 Å². The fourth-order valence-corrected chi connectivity index (χ4v) is 2.04. The third-order valence-electron chi connectivity index (χ3n) is 2.45. The molecule has 0 bridgehead atoms. The van der Waals surface area contributed by atoms with Crippen LogP contribution in [0.3, 0.4) is 0 Å². The van der Waals surface area contributed by atoms with Crippen molar-refractivity contribution in [1.82, 2.24) is 0 Å². The van der Waals surface area contributed by atoms with Crippen molar-refractivity contribution < 1.29 is 18.3 Å². The van der Waals surface area contributed by atoms with Crippen molar-refractivity contribution in [2.75, 3.05) is 11.9 Å². The zero-order valence-electron chi connectivity index (χ0n) is 10.5. The predicted molar refractivity (Wildman–Crippen MR) is 79.6 cm³/mol. The Labute approximate surface area is 133 Å². The van der Waals surface area contributed by atoms with Gasteiger partial charge in [0.2, 0.25) is 0 Å². The van der Waals surface area contributed by atoms with E-state index in [4.69, 9.17) is 16.3 Å². The summed E-state index contributed by atoms with van der Waals surface area (Å²) in [5.74, 6) is -2.00. The summed E-state index contributed by atoms with van der Waals surface area (Å²) < 4.78 is 32.5. The Kier molecular flexibility index (Phi) is 5.14. The van der Waals surface area contributed by atoms with Crippen LogP contribution in [0.2, 0.25) is 5.02 Å². The normalized spacial score (nSPS) is 10.3. The zero-order chi connectivity index (χ0) is 15.4. The van der Waals surface area contributed by atoms with Gasteiger partial charge in [-0.15, -0.1) is 0 Å². The van der Waals surface area contributed by atoms with E-state index in [2.05, 4.69) is 21.2 Å². The van der Waals surface area contributed by atoms with Gasteiger partial charge in [-0.1, -0.05) is 27.5 Å². The SMILES string of the molecule is O=C(COc1ccc(Cl)cc1)Nc1c(F)cc(Br)cc1F. The van der Waals surface area contributed by atoms with Gasteiger partial charge in [0.05, 0.1) is 0 Å². The first-order valence-electron chi connectivity index (χ1n) is 5.78. The lowest BCUT2D eigenvalue weighted by atomic mass is 10.3. The molecule has 0 saturated carbocycles. The second kappa shape index (κ2) is 6.87. The molecule has 0 aliphatic carbocycles. The topological polar surface area (TPSA) is 38.3 Å². The minimum atomic E-state index is -0.873. The van der Waals surface area contributed by atoms with Crippen LogP contribution in [-0.4, -0.2) is 12.5 Å². The van der Waals surface area contributed by atoms with Crippen LogP contribution in [0.25, 0.3) is 0 Å². The average molecular weight is 377 g/mol. The van der Waals surface area contributed by atoms with Gasteiger partial charge in [0.25, 0.3) is 5.91 Å². The summed E-state index contributed by atoms with van der Waals surface area (Å²) >= 11 is 8.66. The van der Waals surface area contributed by atoms with Crippen LogP contribution in [0.4, 0.5) is 14.5 Å².